The van der Waals surface area contributed by atoms with E-state index >= 15 is 0 Å². The van der Waals surface area contributed by atoms with Crippen molar-refractivity contribution < 1.29 is 4.79 Å². The average molecular weight is 398 g/mol. The van der Waals surface area contributed by atoms with Crippen molar-refractivity contribution >= 4 is 34.8 Å². The molecule has 1 amide bonds. The van der Waals surface area contributed by atoms with Gasteiger partial charge in [-0.1, -0.05) is 72.8 Å². The van der Waals surface area contributed by atoms with Crippen molar-refractivity contribution in [2.24, 2.45) is 0 Å². The zero-order chi connectivity index (χ0) is 19.9. The lowest BCUT2D eigenvalue weighted by Crippen LogP contribution is -2.37. The minimum absolute atomic E-state index is 0.0288. The molecule has 0 saturated heterocycles. The summed E-state index contributed by atoms with van der Waals surface area (Å²) in [6.45, 7) is 0. The van der Waals surface area contributed by atoms with E-state index in [1.165, 1.54) is 15.9 Å². The van der Waals surface area contributed by atoms with Crippen molar-refractivity contribution in [3.05, 3.63) is 121 Å². The highest BCUT2D eigenvalue weighted by Gasteiger charge is 2.47. The van der Waals surface area contributed by atoms with Gasteiger partial charge in [0.25, 0.3) is 5.91 Å². The molecule has 2 nitrogen and oxygen atoms in total. The number of nitrogens with one attached hydrogen (secondary N) is 1. The largest absolute Gasteiger partial charge is 0.323 e. The van der Waals surface area contributed by atoms with Gasteiger partial charge in [0, 0.05) is 5.69 Å². The zero-order valence-electron chi connectivity index (χ0n) is 16.1. The topological polar surface area (TPSA) is 29.1 Å². The number of hydrogen-bond donors (Lipinski definition) is 1. The Morgan fingerprint density at radius 3 is 1.28 bits per heavy atom. The summed E-state index contributed by atoms with van der Waals surface area (Å²) in [5.74, 6) is 0.0288. The first kappa shape index (κ1) is 19.1. The monoisotopic (exact) mass is 398 g/mol. The maximum atomic E-state index is 13.3. The molecule has 29 heavy (non-hydrogen) atoms. The Labute approximate surface area is 172 Å². The third kappa shape index (κ3) is 4.13. The quantitative estimate of drug-likeness (QED) is 0.472. The van der Waals surface area contributed by atoms with Gasteiger partial charge in [0.15, 0.2) is 6.16 Å². The first-order chi connectivity index (χ1) is 14.3. The normalized spacial score (nSPS) is 11.0. The predicted octanol–water partition coefficient (Wildman–Crippen LogP) is 4.62. The Hall–Kier alpha value is -3.22. The summed E-state index contributed by atoms with van der Waals surface area (Å²) in [6, 6.07) is 41.0. The van der Waals surface area contributed by atoms with Gasteiger partial charge in [-0.05, 0) is 48.5 Å². The van der Waals surface area contributed by atoms with Gasteiger partial charge < -0.3 is 5.32 Å². The van der Waals surface area contributed by atoms with Crippen LogP contribution in [0.5, 0.6) is 0 Å². The molecular weight excluding hydrogens is 375 g/mol. The molecule has 0 aromatic heterocycles. The lowest BCUT2D eigenvalue weighted by molar-refractivity contribution is -0.113. The molecule has 4 aromatic carbocycles. The summed E-state index contributed by atoms with van der Waals surface area (Å²) in [6.07, 6.45) is 0.417. The van der Waals surface area contributed by atoms with Crippen LogP contribution in [0.15, 0.2) is 121 Å². The molecule has 0 spiro atoms. The van der Waals surface area contributed by atoms with E-state index in [2.05, 4.69) is 78.1 Å². The maximum absolute atomic E-state index is 13.3. The van der Waals surface area contributed by atoms with Crippen molar-refractivity contribution in [1.29, 1.82) is 0 Å². The van der Waals surface area contributed by atoms with E-state index in [4.69, 9.17) is 0 Å². The fourth-order valence-electron chi connectivity index (χ4n) is 3.71. The minimum Gasteiger partial charge on any atom is -0.323 e. The van der Waals surface area contributed by atoms with E-state index in [1.807, 2.05) is 48.5 Å². The van der Waals surface area contributed by atoms with Crippen LogP contribution in [0.2, 0.25) is 0 Å². The van der Waals surface area contributed by atoms with Crippen LogP contribution < -0.4 is 21.2 Å². The Bertz CT molecular complexity index is 954. The third-order valence-corrected chi connectivity index (χ3v) is 9.33. The molecule has 0 atom stereocenters. The second-order valence-corrected chi connectivity index (χ2v) is 10.4. The van der Waals surface area contributed by atoms with Crippen molar-refractivity contribution in [2.45, 2.75) is 0 Å². The maximum Gasteiger partial charge on any atom is 0.263 e. The summed E-state index contributed by atoms with van der Waals surface area (Å²) in [5, 5.41) is 6.72. The van der Waals surface area contributed by atoms with Crippen LogP contribution in [0.25, 0.3) is 0 Å². The number of para-hydroxylation sites is 1. The molecule has 1 N–H and O–H groups in total. The SMILES string of the molecule is O=[14C](C[P+](c1ccccc1)(c1ccccc1)c1ccccc1)Nc1ccccc1. The van der Waals surface area contributed by atoms with Crippen molar-refractivity contribution in [1.82, 2.24) is 0 Å². The molecule has 4 aromatic rings. The molecule has 0 saturated carbocycles. The highest BCUT2D eigenvalue weighted by atomic mass is 31.2. The molecule has 0 aliphatic heterocycles. The summed E-state index contributed by atoms with van der Waals surface area (Å²) in [4.78, 5) is 13.3. The number of carbonyl (C=O) groups is 1. The number of anilines is 1. The van der Waals surface area contributed by atoms with E-state index < -0.39 is 7.26 Å². The Balaban J connectivity index is 1.85. The van der Waals surface area contributed by atoms with Gasteiger partial charge in [0.2, 0.25) is 0 Å². The van der Waals surface area contributed by atoms with Gasteiger partial charge in [-0.15, -0.1) is 0 Å². The van der Waals surface area contributed by atoms with Gasteiger partial charge in [-0.25, -0.2) is 0 Å². The van der Waals surface area contributed by atoms with Gasteiger partial charge in [0.05, 0.1) is 0 Å². The third-order valence-electron chi connectivity index (χ3n) is 5.03. The van der Waals surface area contributed by atoms with E-state index in [1.54, 1.807) is 0 Å². The second-order valence-electron chi connectivity index (χ2n) is 6.89. The molecule has 0 bridgehead atoms. The Kier molecular flexibility index (Phi) is 5.84. The Morgan fingerprint density at radius 1 is 0.552 bits per heavy atom. The minimum atomic E-state index is -2.16. The van der Waals surface area contributed by atoms with Crippen molar-refractivity contribution in [3.63, 3.8) is 0 Å². The molecule has 0 aliphatic carbocycles. The summed E-state index contributed by atoms with van der Waals surface area (Å²) in [5.41, 5.74) is 0.824. The van der Waals surface area contributed by atoms with Crippen LogP contribution in [0.1, 0.15) is 0 Å². The molecule has 0 aliphatic rings. The number of rotatable bonds is 6. The van der Waals surface area contributed by atoms with Crippen LogP contribution in [0.4, 0.5) is 5.69 Å². The van der Waals surface area contributed by atoms with Crippen molar-refractivity contribution in [3.8, 4) is 0 Å². The van der Waals surface area contributed by atoms with Crippen LogP contribution in [-0.2, 0) is 4.79 Å². The molecule has 0 unspecified atom stereocenters. The highest BCUT2D eigenvalue weighted by Crippen LogP contribution is 2.55. The van der Waals surface area contributed by atoms with E-state index in [9.17, 15) is 4.79 Å². The average Bonchev–Trinajstić information content (AvgIpc) is 2.80. The molecule has 0 fully saturated rings. The predicted molar refractivity (Wildman–Crippen MR) is 125 cm³/mol. The van der Waals surface area contributed by atoms with Gasteiger partial charge in [0.1, 0.15) is 23.2 Å². The summed E-state index contributed by atoms with van der Waals surface area (Å²) in [7, 11) is -2.16. The first-order valence-corrected chi connectivity index (χ1v) is 11.7. The highest BCUT2D eigenvalue weighted by molar-refractivity contribution is 7.96. The first-order valence-electron chi connectivity index (χ1n) is 9.69. The second kappa shape index (κ2) is 8.86. The molecule has 3 heteroatoms. The molecule has 142 valence electrons. The molecule has 4 rings (SSSR count). The van der Waals surface area contributed by atoms with Gasteiger partial charge >= 0.3 is 0 Å². The lowest BCUT2D eigenvalue weighted by Gasteiger charge is -2.27. The number of carbonyl (C=O) groups excluding carboxylic acids is 1. The lowest BCUT2D eigenvalue weighted by atomic mass is 10.3. The Morgan fingerprint density at radius 2 is 0.897 bits per heavy atom. The van der Waals surface area contributed by atoms with Crippen LogP contribution in [0, 0.1) is 0 Å². The standard InChI is InChI=1S/C26H22NOP/c28-26(27-22-13-5-1-6-14-22)21-29(23-15-7-2-8-16-23,24-17-9-3-10-18-24)25-19-11-4-12-20-25/h1-20H,21H2/p+1/i26+2. The van der Waals surface area contributed by atoms with Gasteiger partial charge in [-0.3, -0.25) is 4.79 Å². The molecular formula is C26H23NOP+. The fraction of sp³-hybridized carbons (Fsp3) is 0.0385. The van der Waals surface area contributed by atoms with E-state index in [0.29, 0.717) is 6.16 Å². The molecule has 0 radical (unpaired) electrons. The number of benzene rings is 4. The van der Waals surface area contributed by atoms with E-state index in [-0.39, 0.29) is 5.91 Å². The molecule has 0 heterocycles. The van der Waals surface area contributed by atoms with Crippen molar-refractivity contribution in [2.75, 3.05) is 11.5 Å². The summed E-state index contributed by atoms with van der Waals surface area (Å²) < 4.78 is 0. The number of hydrogen-bond acceptors (Lipinski definition) is 1. The van der Waals surface area contributed by atoms with Crippen LogP contribution in [-0.4, -0.2) is 12.1 Å². The fourth-order valence-corrected chi connectivity index (χ4v) is 7.70. The van der Waals surface area contributed by atoms with Crippen LogP contribution >= 0.6 is 7.26 Å². The van der Waals surface area contributed by atoms with Gasteiger partial charge in [-0.2, -0.15) is 0 Å². The smallest absolute Gasteiger partial charge is 0.263 e. The zero-order valence-corrected chi connectivity index (χ0v) is 17.0. The van der Waals surface area contributed by atoms with Crippen LogP contribution in [0.3, 0.4) is 0 Å². The summed E-state index contributed by atoms with van der Waals surface area (Å²) >= 11 is 0. The van der Waals surface area contributed by atoms with E-state index in [0.717, 1.165) is 5.69 Å². The number of amides is 1.